The average Bonchev–Trinajstić information content (AvgIpc) is 2.44. The number of benzene rings is 2. The standard InChI is InChI=1S/C16H18O4S/c1-4-12-7-11(3)16(18)15(9-12)21(19,20)13-5-6-14(17)10(2)8-13/h5-9,17-18H,4H2,1-3H3. The van der Waals surface area contributed by atoms with Crippen molar-refractivity contribution in [2.45, 2.75) is 37.0 Å². The molecule has 112 valence electrons. The number of phenols is 2. The second kappa shape index (κ2) is 5.41. The van der Waals surface area contributed by atoms with Gasteiger partial charge in [-0.05, 0) is 61.2 Å². The lowest BCUT2D eigenvalue weighted by molar-refractivity contribution is 0.454. The van der Waals surface area contributed by atoms with E-state index in [-0.39, 0.29) is 21.3 Å². The molecule has 0 bridgehead atoms. The van der Waals surface area contributed by atoms with Crippen molar-refractivity contribution in [1.82, 2.24) is 0 Å². The summed E-state index contributed by atoms with van der Waals surface area (Å²) in [5, 5.41) is 19.6. The number of phenolic OH excluding ortho intramolecular Hbond substituents is 2. The first-order valence-electron chi connectivity index (χ1n) is 6.64. The molecule has 5 heteroatoms. The summed E-state index contributed by atoms with van der Waals surface area (Å²) in [5.74, 6) is -0.186. The number of hydrogen-bond acceptors (Lipinski definition) is 4. The minimum absolute atomic E-state index is 0.0386. The van der Waals surface area contributed by atoms with Crippen molar-refractivity contribution >= 4 is 9.84 Å². The van der Waals surface area contributed by atoms with Crippen LogP contribution in [-0.4, -0.2) is 18.6 Å². The van der Waals surface area contributed by atoms with E-state index in [4.69, 9.17) is 0 Å². The van der Waals surface area contributed by atoms with Crippen LogP contribution in [0.1, 0.15) is 23.6 Å². The summed E-state index contributed by atoms with van der Waals surface area (Å²) in [7, 11) is -3.83. The van der Waals surface area contributed by atoms with Crippen LogP contribution in [0.25, 0.3) is 0 Å². The van der Waals surface area contributed by atoms with Crippen molar-refractivity contribution in [3.63, 3.8) is 0 Å². The van der Waals surface area contributed by atoms with Gasteiger partial charge in [-0.15, -0.1) is 0 Å². The van der Waals surface area contributed by atoms with Gasteiger partial charge in [-0.1, -0.05) is 13.0 Å². The summed E-state index contributed by atoms with van der Waals surface area (Å²) < 4.78 is 25.4. The molecule has 0 heterocycles. The molecule has 0 unspecified atom stereocenters. The highest BCUT2D eigenvalue weighted by Crippen LogP contribution is 2.33. The highest BCUT2D eigenvalue weighted by Gasteiger charge is 2.23. The lowest BCUT2D eigenvalue weighted by atomic mass is 10.1. The van der Waals surface area contributed by atoms with Crippen LogP contribution in [0, 0.1) is 13.8 Å². The number of aryl methyl sites for hydroxylation is 3. The van der Waals surface area contributed by atoms with Crippen LogP contribution in [0.3, 0.4) is 0 Å². The van der Waals surface area contributed by atoms with Crippen LogP contribution in [0.4, 0.5) is 0 Å². The van der Waals surface area contributed by atoms with Crippen LogP contribution in [-0.2, 0) is 16.3 Å². The Hall–Kier alpha value is -2.01. The third-order valence-corrected chi connectivity index (χ3v) is 5.27. The fourth-order valence-corrected chi connectivity index (χ4v) is 3.71. The van der Waals surface area contributed by atoms with E-state index in [0.717, 1.165) is 5.56 Å². The quantitative estimate of drug-likeness (QED) is 0.913. The molecule has 2 N–H and O–H groups in total. The van der Waals surface area contributed by atoms with Crippen LogP contribution in [0.2, 0.25) is 0 Å². The maximum absolute atomic E-state index is 12.7. The Morgan fingerprint density at radius 2 is 1.67 bits per heavy atom. The smallest absolute Gasteiger partial charge is 0.210 e. The van der Waals surface area contributed by atoms with Gasteiger partial charge in [0.1, 0.15) is 16.4 Å². The van der Waals surface area contributed by atoms with E-state index in [1.807, 2.05) is 6.92 Å². The molecule has 0 saturated carbocycles. The van der Waals surface area contributed by atoms with E-state index < -0.39 is 9.84 Å². The zero-order valence-corrected chi connectivity index (χ0v) is 13.0. The van der Waals surface area contributed by atoms with Gasteiger partial charge in [-0.2, -0.15) is 0 Å². The average molecular weight is 306 g/mol. The Labute approximate surface area is 124 Å². The molecule has 0 aliphatic rings. The minimum Gasteiger partial charge on any atom is -0.508 e. The maximum Gasteiger partial charge on any atom is 0.210 e. The maximum atomic E-state index is 12.7. The van der Waals surface area contributed by atoms with Gasteiger partial charge in [-0.25, -0.2) is 8.42 Å². The second-order valence-electron chi connectivity index (χ2n) is 5.06. The Morgan fingerprint density at radius 1 is 1.00 bits per heavy atom. The van der Waals surface area contributed by atoms with E-state index >= 15 is 0 Å². The van der Waals surface area contributed by atoms with Crippen molar-refractivity contribution in [3.8, 4) is 11.5 Å². The topological polar surface area (TPSA) is 74.6 Å². The summed E-state index contributed by atoms with van der Waals surface area (Å²) >= 11 is 0. The minimum atomic E-state index is -3.83. The number of hydrogen-bond donors (Lipinski definition) is 2. The van der Waals surface area contributed by atoms with Crippen molar-refractivity contribution in [2.24, 2.45) is 0 Å². The molecule has 0 aliphatic carbocycles. The fourth-order valence-electron chi connectivity index (χ4n) is 2.15. The molecule has 0 aliphatic heterocycles. The number of sulfone groups is 1. The van der Waals surface area contributed by atoms with Gasteiger partial charge in [0, 0.05) is 0 Å². The molecule has 2 rings (SSSR count). The van der Waals surface area contributed by atoms with Crippen LogP contribution in [0.15, 0.2) is 40.1 Å². The molecule has 4 nitrogen and oxygen atoms in total. The predicted molar refractivity (Wildman–Crippen MR) is 80.5 cm³/mol. The third-order valence-electron chi connectivity index (χ3n) is 3.50. The summed E-state index contributed by atoms with van der Waals surface area (Å²) in [5.41, 5.74) is 1.85. The highest BCUT2D eigenvalue weighted by molar-refractivity contribution is 7.91. The summed E-state index contributed by atoms with van der Waals surface area (Å²) in [4.78, 5) is -0.0369. The van der Waals surface area contributed by atoms with E-state index in [0.29, 0.717) is 17.5 Å². The van der Waals surface area contributed by atoms with Crippen molar-refractivity contribution in [3.05, 3.63) is 47.0 Å². The summed E-state index contributed by atoms with van der Waals surface area (Å²) in [6.07, 6.45) is 0.679. The molecule has 21 heavy (non-hydrogen) atoms. The largest absolute Gasteiger partial charge is 0.508 e. The first-order valence-corrected chi connectivity index (χ1v) is 8.13. The first kappa shape index (κ1) is 15.4. The van der Waals surface area contributed by atoms with E-state index in [9.17, 15) is 18.6 Å². The van der Waals surface area contributed by atoms with Crippen LogP contribution >= 0.6 is 0 Å². The van der Waals surface area contributed by atoms with Crippen molar-refractivity contribution < 1.29 is 18.6 Å². The van der Waals surface area contributed by atoms with Crippen LogP contribution in [0.5, 0.6) is 11.5 Å². The van der Waals surface area contributed by atoms with Gasteiger partial charge in [0.05, 0.1) is 4.90 Å². The van der Waals surface area contributed by atoms with Gasteiger partial charge in [0.2, 0.25) is 9.84 Å². The van der Waals surface area contributed by atoms with Crippen LogP contribution < -0.4 is 0 Å². The molecule has 0 aromatic heterocycles. The molecule has 0 spiro atoms. The van der Waals surface area contributed by atoms with Crippen molar-refractivity contribution in [2.75, 3.05) is 0 Å². The highest BCUT2D eigenvalue weighted by atomic mass is 32.2. The molecule has 0 atom stereocenters. The lowest BCUT2D eigenvalue weighted by Gasteiger charge is -2.12. The van der Waals surface area contributed by atoms with Crippen molar-refractivity contribution in [1.29, 1.82) is 0 Å². The molecule has 0 fully saturated rings. The Bertz CT molecular complexity index is 792. The lowest BCUT2D eigenvalue weighted by Crippen LogP contribution is -2.04. The molecule has 0 saturated heterocycles. The number of rotatable bonds is 3. The normalized spacial score (nSPS) is 11.6. The zero-order valence-electron chi connectivity index (χ0n) is 12.2. The van der Waals surface area contributed by atoms with E-state index in [1.165, 1.54) is 24.3 Å². The molecular formula is C16H18O4S. The zero-order chi connectivity index (χ0) is 15.8. The first-order chi connectivity index (χ1) is 9.77. The Balaban J connectivity index is 2.69. The van der Waals surface area contributed by atoms with Gasteiger partial charge in [-0.3, -0.25) is 0 Å². The third kappa shape index (κ3) is 2.74. The van der Waals surface area contributed by atoms with Gasteiger partial charge >= 0.3 is 0 Å². The SMILES string of the molecule is CCc1cc(C)c(O)c(S(=O)(=O)c2ccc(O)c(C)c2)c1. The van der Waals surface area contributed by atoms with Gasteiger partial charge in [0.15, 0.2) is 0 Å². The Kier molecular flexibility index (Phi) is 3.96. The number of aromatic hydroxyl groups is 2. The van der Waals surface area contributed by atoms with Gasteiger partial charge in [0.25, 0.3) is 0 Å². The summed E-state index contributed by atoms with van der Waals surface area (Å²) in [6, 6.07) is 7.36. The predicted octanol–water partition coefficient (Wildman–Crippen LogP) is 3.11. The molecule has 0 amide bonds. The van der Waals surface area contributed by atoms with Gasteiger partial charge < -0.3 is 10.2 Å². The second-order valence-corrected chi connectivity index (χ2v) is 6.98. The Morgan fingerprint density at radius 3 is 2.24 bits per heavy atom. The van der Waals surface area contributed by atoms with E-state index in [1.54, 1.807) is 19.9 Å². The molecule has 0 radical (unpaired) electrons. The molecular weight excluding hydrogens is 288 g/mol. The molecule has 2 aromatic rings. The monoisotopic (exact) mass is 306 g/mol. The van der Waals surface area contributed by atoms with E-state index in [2.05, 4.69) is 0 Å². The summed E-state index contributed by atoms with van der Waals surface area (Å²) in [6.45, 7) is 5.23. The fraction of sp³-hybridized carbons (Fsp3) is 0.250. The molecule has 2 aromatic carbocycles.